The highest BCUT2D eigenvalue weighted by atomic mass is 32.2. The first-order chi connectivity index (χ1) is 14.1. The first kappa shape index (κ1) is 20.3. The summed E-state index contributed by atoms with van der Waals surface area (Å²) in [7, 11) is 0. The van der Waals surface area contributed by atoms with Gasteiger partial charge >= 0.3 is 0 Å². The number of hydrogen-bond donors (Lipinski definition) is 1. The fourth-order valence-electron chi connectivity index (χ4n) is 3.52. The van der Waals surface area contributed by atoms with Gasteiger partial charge in [-0.1, -0.05) is 43.0 Å². The molecule has 0 bridgehead atoms. The van der Waals surface area contributed by atoms with E-state index in [2.05, 4.69) is 29.4 Å². The van der Waals surface area contributed by atoms with Crippen LogP contribution in [0.3, 0.4) is 0 Å². The van der Waals surface area contributed by atoms with Crippen molar-refractivity contribution in [2.45, 2.75) is 37.1 Å². The van der Waals surface area contributed by atoms with Crippen molar-refractivity contribution < 1.29 is 14.3 Å². The molecule has 2 aliphatic rings. The van der Waals surface area contributed by atoms with Gasteiger partial charge in [0, 0.05) is 13.1 Å². The second-order valence-corrected chi connectivity index (χ2v) is 9.78. The molecule has 3 heterocycles. The van der Waals surface area contributed by atoms with Gasteiger partial charge in [-0.25, -0.2) is 0 Å². The van der Waals surface area contributed by atoms with Gasteiger partial charge in [-0.05, 0) is 36.5 Å². The maximum absolute atomic E-state index is 12.9. The Kier molecular flexibility index (Phi) is 6.44. The lowest BCUT2D eigenvalue weighted by molar-refractivity contribution is -0.129. The average Bonchev–Trinajstić information content (AvgIpc) is 3.40. The normalized spacial score (nSPS) is 18.3. The lowest BCUT2D eigenvalue weighted by Gasteiger charge is -2.26. The molecule has 2 aromatic rings. The number of carbonyl (C=O) groups excluding carboxylic acids is 1. The van der Waals surface area contributed by atoms with Crippen molar-refractivity contribution in [2.75, 3.05) is 37.4 Å². The number of fused-ring (bicyclic) bond motifs is 1. The number of benzene rings is 1. The van der Waals surface area contributed by atoms with Crippen molar-refractivity contribution in [3.63, 3.8) is 0 Å². The lowest BCUT2D eigenvalue weighted by atomic mass is 10.0. The van der Waals surface area contributed by atoms with Crippen LogP contribution in [0.5, 0.6) is 11.5 Å². The maximum Gasteiger partial charge on any atom is 0.233 e. The van der Waals surface area contributed by atoms with Gasteiger partial charge in [-0.2, -0.15) is 0 Å². The Bertz CT molecular complexity index is 858. The van der Waals surface area contributed by atoms with E-state index in [4.69, 9.17) is 9.47 Å². The zero-order valence-electron chi connectivity index (χ0n) is 16.7. The number of likely N-dealkylation sites (tertiary alicyclic amines) is 1. The van der Waals surface area contributed by atoms with E-state index in [0.717, 1.165) is 52.5 Å². The summed E-state index contributed by atoms with van der Waals surface area (Å²) in [6.45, 7) is 7.10. The summed E-state index contributed by atoms with van der Waals surface area (Å²) < 4.78 is 12.1. The van der Waals surface area contributed by atoms with Gasteiger partial charge in [0.2, 0.25) is 11.0 Å². The third kappa shape index (κ3) is 4.95. The second kappa shape index (κ2) is 9.21. The molecule has 1 atom stereocenters. The number of rotatable bonds is 7. The molecule has 1 fully saturated rings. The molecule has 156 valence electrons. The highest BCUT2D eigenvalue weighted by Crippen LogP contribution is 2.38. The Morgan fingerprint density at radius 2 is 2.14 bits per heavy atom. The van der Waals surface area contributed by atoms with Crippen molar-refractivity contribution in [1.82, 2.24) is 15.1 Å². The smallest absolute Gasteiger partial charge is 0.233 e. The van der Waals surface area contributed by atoms with E-state index in [-0.39, 0.29) is 11.9 Å². The highest BCUT2D eigenvalue weighted by Gasteiger charge is 2.31. The van der Waals surface area contributed by atoms with Gasteiger partial charge in [-0.15, -0.1) is 10.2 Å². The van der Waals surface area contributed by atoms with Crippen LogP contribution in [-0.4, -0.2) is 53.1 Å². The molecule has 1 aromatic carbocycles. The minimum Gasteiger partial charge on any atom is -0.486 e. The zero-order chi connectivity index (χ0) is 20.2. The molecule has 1 saturated heterocycles. The number of amides is 1. The number of ether oxygens (including phenoxy) is 2. The molecule has 1 aromatic heterocycles. The SMILES string of the molecule is CC(C)CNc1nnc(SCC(=O)N2CCCC2c2ccc3c(c2)OCCO3)s1. The first-order valence-electron chi connectivity index (χ1n) is 9.99. The summed E-state index contributed by atoms with van der Waals surface area (Å²) >= 11 is 2.96. The van der Waals surface area contributed by atoms with Crippen molar-refractivity contribution >= 4 is 34.1 Å². The lowest BCUT2D eigenvalue weighted by Crippen LogP contribution is -2.32. The summed E-state index contributed by atoms with van der Waals surface area (Å²) in [5, 5.41) is 12.4. The number of nitrogens with one attached hydrogen (secondary N) is 1. The van der Waals surface area contributed by atoms with E-state index in [1.165, 1.54) is 23.1 Å². The van der Waals surface area contributed by atoms with E-state index in [1.54, 1.807) is 0 Å². The summed E-state index contributed by atoms with van der Waals surface area (Å²) in [5.74, 6) is 2.62. The molecule has 1 N–H and O–H groups in total. The van der Waals surface area contributed by atoms with Crippen molar-refractivity contribution in [2.24, 2.45) is 5.92 Å². The molecule has 0 spiro atoms. The van der Waals surface area contributed by atoms with Crippen LogP contribution in [0.1, 0.15) is 38.3 Å². The van der Waals surface area contributed by atoms with Crippen LogP contribution >= 0.6 is 23.1 Å². The molecular formula is C20H26N4O3S2. The molecule has 0 aliphatic carbocycles. The highest BCUT2D eigenvalue weighted by molar-refractivity contribution is 8.01. The van der Waals surface area contributed by atoms with Gasteiger partial charge in [0.05, 0.1) is 11.8 Å². The molecule has 2 aliphatic heterocycles. The molecule has 0 radical (unpaired) electrons. The van der Waals surface area contributed by atoms with Crippen molar-refractivity contribution in [1.29, 1.82) is 0 Å². The quantitative estimate of drug-likeness (QED) is 0.664. The topological polar surface area (TPSA) is 76.6 Å². The number of hydrogen-bond acceptors (Lipinski definition) is 8. The molecule has 1 unspecified atom stereocenters. The molecule has 1 amide bonds. The largest absolute Gasteiger partial charge is 0.486 e. The molecule has 0 saturated carbocycles. The minimum atomic E-state index is 0.0941. The number of thioether (sulfide) groups is 1. The van der Waals surface area contributed by atoms with Crippen molar-refractivity contribution in [3.05, 3.63) is 23.8 Å². The Morgan fingerprint density at radius 3 is 2.97 bits per heavy atom. The van der Waals surface area contributed by atoms with Gasteiger partial charge in [0.1, 0.15) is 13.2 Å². The van der Waals surface area contributed by atoms with E-state index in [9.17, 15) is 4.79 Å². The number of carbonyl (C=O) groups is 1. The third-order valence-electron chi connectivity index (χ3n) is 4.91. The molecule has 29 heavy (non-hydrogen) atoms. The predicted octanol–water partition coefficient (Wildman–Crippen LogP) is 3.83. The van der Waals surface area contributed by atoms with Crippen LogP contribution in [-0.2, 0) is 4.79 Å². The van der Waals surface area contributed by atoms with Crippen LogP contribution in [0.25, 0.3) is 0 Å². The fourth-order valence-corrected chi connectivity index (χ4v) is 5.16. The van der Waals surface area contributed by atoms with Gasteiger partial charge in [0.15, 0.2) is 15.8 Å². The van der Waals surface area contributed by atoms with Crippen LogP contribution in [0.4, 0.5) is 5.13 Å². The van der Waals surface area contributed by atoms with Crippen LogP contribution in [0.2, 0.25) is 0 Å². The molecule has 7 nitrogen and oxygen atoms in total. The minimum absolute atomic E-state index is 0.0941. The number of aromatic nitrogens is 2. The Labute approximate surface area is 179 Å². The van der Waals surface area contributed by atoms with Crippen LogP contribution in [0, 0.1) is 5.92 Å². The maximum atomic E-state index is 12.9. The summed E-state index contributed by atoms with van der Waals surface area (Å²) in [5.41, 5.74) is 1.11. The second-order valence-electron chi connectivity index (χ2n) is 7.58. The Balaban J connectivity index is 1.36. The predicted molar refractivity (Wildman–Crippen MR) is 115 cm³/mol. The monoisotopic (exact) mass is 434 g/mol. The van der Waals surface area contributed by atoms with E-state index < -0.39 is 0 Å². The fraction of sp³-hybridized carbons (Fsp3) is 0.550. The standard InChI is InChI=1S/C20H26N4O3S2/c1-13(2)11-21-19-22-23-20(29-19)28-12-18(25)24-7-3-4-15(24)14-5-6-16-17(10-14)27-9-8-26-16/h5-6,10,13,15H,3-4,7-9,11-12H2,1-2H3,(H,21,22). The Hall–Kier alpha value is -2.00. The summed E-state index contributed by atoms with van der Waals surface area (Å²) in [6, 6.07) is 6.12. The third-order valence-corrected chi connectivity index (χ3v) is 6.91. The molecule has 9 heteroatoms. The molecular weight excluding hydrogens is 408 g/mol. The number of nitrogens with zero attached hydrogens (tertiary/aromatic N) is 3. The van der Waals surface area contributed by atoms with Gasteiger partial charge in [0.25, 0.3) is 0 Å². The van der Waals surface area contributed by atoms with E-state index in [1.807, 2.05) is 23.1 Å². The van der Waals surface area contributed by atoms with Gasteiger partial charge in [-0.3, -0.25) is 4.79 Å². The van der Waals surface area contributed by atoms with Gasteiger partial charge < -0.3 is 19.7 Å². The summed E-state index contributed by atoms with van der Waals surface area (Å²) in [4.78, 5) is 14.9. The van der Waals surface area contributed by atoms with Crippen LogP contribution in [0.15, 0.2) is 22.5 Å². The average molecular weight is 435 g/mol. The summed E-state index contributed by atoms with van der Waals surface area (Å²) in [6.07, 6.45) is 1.98. The van der Waals surface area contributed by atoms with E-state index >= 15 is 0 Å². The molecule has 4 rings (SSSR count). The number of anilines is 1. The van der Waals surface area contributed by atoms with E-state index in [0.29, 0.717) is 24.9 Å². The van der Waals surface area contributed by atoms with Crippen LogP contribution < -0.4 is 14.8 Å². The Morgan fingerprint density at radius 1 is 1.31 bits per heavy atom. The van der Waals surface area contributed by atoms with Crippen molar-refractivity contribution in [3.8, 4) is 11.5 Å². The first-order valence-corrected chi connectivity index (χ1v) is 11.8. The zero-order valence-corrected chi connectivity index (χ0v) is 18.4.